The van der Waals surface area contributed by atoms with E-state index in [4.69, 9.17) is 9.84 Å². The van der Waals surface area contributed by atoms with Gasteiger partial charge in [-0.05, 0) is 32.6 Å². The van der Waals surface area contributed by atoms with E-state index in [1.54, 1.807) is 12.0 Å². The number of hydrogen-bond acceptors (Lipinski definition) is 3. The minimum Gasteiger partial charge on any atom is -0.481 e. The summed E-state index contributed by atoms with van der Waals surface area (Å²) in [6.45, 7) is 5.10. The fourth-order valence-corrected chi connectivity index (χ4v) is 2.73. The number of methoxy groups -OCH3 is 1. The van der Waals surface area contributed by atoms with Gasteiger partial charge in [-0.1, -0.05) is 13.3 Å². The normalized spacial score (nSPS) is 23.4. The summed E-state index contributed by atoms with van der Waals surface area (Å²) in [5.41, 5.74) is 0. The molecule has 1 fully saturated rings. The van der Waals surface area contributed by atoms with E-state index in [2.05, 4.69) is 5.32 Å². The van der Waals surface area contributed by atoms with E-state index in [1.807, 2.05) is 13.8 Å². The van der Waals surface area contributed by atoms with Crippen LogP contribution < -0.4 is 5.32 Å². The number of nitrogens with zero attached hydrogens (tertiary/aromatic N) is 1. The average Bonchev–Trinajstić information content (AvgIpc) is 2.47. The summed E-state index contributed by atoms with van der Waals surface area (Å²) < 4.78 is 5.06. The van der Waals surface area contributed by atoms with Gasteiger partial charge in [0.1, 0.15) is 0 Å². The Morgan fingerprint density at radius 1 is 1.43 bits per heavy atom. The second-order valence-electron chi connectivity index (χ2n) is 5.79. The van der Waals surface area contributed by atoms with Crippen molar-refractivity contribution in [3.63, 3.8) is 0 Å². The molecule has 6 heteroatoms. The van der Waals surface area contributed by atoms with Gasteiger partial charge in [0.15, 0.2) is 0 Å². The lowest BCUT2D eigenvalue weighted by atomic mass is 9.86. The zero-order valence-electron chi connectivity index (χ0n) is 13.3. The summed E-state index contributed by atoms with van der Waals surface area (Å²) in [6, 6.07) is -0.0158. The molecule has 0 bridgehead atoms. The van der Waals surface area contributed by atoms with Crippen molar-refractivity contribution in [3.8, 4) is 0 Å². The van der Waals surface area contributed by atoms with E-state index >= 15 is 0 Å². The highest BCUT2D eigenvalue weighted by molar-refractivity contribution is 5.75. The van der Waals surface area contributed by atoms with Crippen molar-refractivity contribution in [2.45, 2.75) is 58.0 Å². The molecule has 0 aliphatic heterocycles. The van der Waals surface area contributed by atoms with Gasteiger partial charge >= 0.3 is 12.0 Å². The third-order valence-corrected chi connectivity index (χ3v) is 4.27. The van der Waals surface area contributed by atoms with Gasteiger partial charge in [0.2, 0.25) is 0 Å². The maximum absolute atomic E-state index is 12.4. The fraction of sp³-hybridized carbons (Fsp3) is 0.867. The first kappa shape index (κ1) is 17.8. The molecule has 0 heterocycles. The van der Waals surface area contributed by atoms with Gasteiger partial charge in [0.25, 0.3) is 0 Å². The van der Waals surface area contributed by atoms with E-state index in [-0.39, 0.29) is 24.0 Å². The lowest BCUT2D eigenvalue weighted by Crippen LogP contribution is -2.50. The van der Waals surface area contributed by atoms with E-state index in [0.717, 1.165) is 19.3 Å². The second-order valence-corrected chi connectivity index (χ2v) is 5.79. The molecule has 0 aromatic carbocycles. The van der Waals surface area contributed by atoms with E-state index < -0.39 is 5.97 Å². The van der Waals surface area contributed by atoms with Crippen LogP contribution in [0.25, 0.3) is 0 Å². The number of urea groups is 1. The van der Waals surface area contributed by atoms with Crippen LogP contribution in [0.4, 0.5) is 4.79 Å². The standard InChI is InChI=1S/C15H28N2O4/c1-4-11(2)17(8-9-21-3)15(20)16-13-7-5-6-12(10-13)14(18)19/h11-13H,4-10H2,1-3H3,(H,16,20)(H,18,19). The van der Waals surface area contributed by atoms with Crippen LogP contribution in [-0.2, 0) is 9.53 Å². The SMILES string of the molecule is CCC(C)N(CCOC)C(=O)NC1CCCC(C(=O)O)C1. The Labute approximate surface area is 126 Å². The number of carbonyl (C=O) groups excluding carboxylic acids is 1. The van der Waals surface area contributed by atoms with Gasteiger partial charge in [0, 0.05) is 25.7 Å². The molecule has 21 heavy (non-hydrogen) atoms. The maximum atomic E-state index is 12.4. The van der Waals surface area contributed by atoms with Crippen LogP contribution >= 0.6 is 0 Å². The molecule has 1 rings (SSSR count). The summed E-state index contributed by atoms with van der Waals surface area (Å²) >= 11 is 0. The van der Waals surface area contributed by atoms with Gasteiger partial charge in [-0.25, -0.2) is 4.79 Å². The molecule has 6 nitrogen and oxygen atoms in total. The molecule has 1 aliphatic carbocycles. The van der Waals surface area contributed by atoms with Crippen LogP contribution in [-0.4, -0.2) is 54.4 Å². The lowest BCUT2D eigenvalue weighted by Gasteiger charge is -2.33. The number of rotatable bonds is 7. The summed E-state index contributed by atoms with van der Waals surface area (Å²) in [4.78, 5) is 25.3. The van der Waals surface area contributed by atoms with E-state index in [1.165, 1.54) is 0 Å². The van der Waals surface area contributed by atoms with Crippen LogP contribution in [0.1, 0.15) is 46.0 Å². The smallest absolute Gasteiger partial charge is 0.317 e. The average molecular weight is 300 g/mol. The van der Waals surface area contributed by atoms with Gasteiger partial charge in [-0.3, -0.25) is 4.79 Å². The van der Waals surface area contributed by atoms with Gasteiger partial charge in [-0.2, -0.15) is 0 Å². The Hall–Kier alpha value is -1.30. The molecule has 0 spiro atoms. The molecule has 2 N–H and O–H groups in total. The second kappa shape index (κ2) is 8.87. The zero-order chi connectivity index (χ0) is 15.8. The predicted molar refractivity (Wildman–Crippen MR) is 80.2 cm³/mol. The zero-order valence-corrected chi connectivity index (χ0v) is 13.3. The number of aliphatic carboxylic acids is 1. The van der Waals surface area contributed by atoms with Crippen LogP contribution in [0.3, 0.4) is 0 Å². The molecule has 3 atom stereocenters. The number of carboxylic acid groups (broad SMARTS) is 1. The highest BCUT2D eigenvalue weighted by Crippen LogP contribution is 2.24. The van der Waals surface area contributed by atoms with Crippen molar-refractivity contribution in [1.82, 2.24) is 10.2 Å². The number of carboxylic acids is 1. The van der Waals surface area contributed by atoms with Crippen molar-refractivity contribution in [2.24, 2.45) is 5.92 Å². The minimum absolute atomic E-state index is 0.0403. The first-order chi connectivity index (χ1) is 9.99. The van der Waals surface area contributed by atoms with E-state index in [9.17, 15) is 9.59 Å². The van der Waals surface area contributed by atoms with Crippen LogP contribution in [0.5, 0.6) is 0 Å². The number of hydrogen-bond donors (Lipinski definition) is 2. The molecule has 1 aliphatic rings. The van der Waals surface area contributed by atoms with E-state index in [0.29, 0.717) is 26.0 Å². The van der Waals surface area contributed by atoms with Crippen molar-refractivity contribution in [3.05, 3.63) is 0 Å². The van der Waals surface area contributed by atoms with Crippen molar-refractivity contribution in [1.29, 1.82) is 0 Å². The highest BCUT2D eigenvalue weighted by atomic mass is 16.5. The van der Waals surface area contributed by atoms with Crippen LogP contribution in [0.15, 0.2) is 0 Å². The summed E-state index contributed by atoms with van der Waals surface area (Å²) in [6.07, 6.45) is 3.82. The lowest BCUT2D eigenvalue weighted by molar-refractivity contribution is -0.143. The molecule has 0 saturated heterocycles. The third-order valence-electron chi connectivity index (χ3n) is 4.27. The number of carbonyl (C=O) groups is 2. The highest BCUT2D eigenvalue weighted by Gasteiger charge is 2.29. The summed E-state index contributed by atoms with van der Waals surface area (Å²) in [5.74, 6) is -1.09. The minimum atomic E-state index is -0.757. The molecule has 2 amide bonds. The molecule has 3 unspecified atom stereocenters. The Morgan fingerprint density at radius 2 is 2.14 bits per heavy atom. The number of nitrogens with one attached hydrogen (secondary N) is 1. The quantitative estimate of drug-likeness (QED) is 0.754. The molecular weight excluding hydrogens is 272 g/mol. The summed E-state index contributed by atoms with van der Waals surface area (Å²) in [7, 11) is 1.62. The molecule has 0 aromatic rings. The van der Waals surface area contributed by atoms with Crippen LogP contribution in [0, 0.1) is 5.92 Å². The maximum Gasteiger partial charge on any atom is 0.317 e. The molecule has 0 aromatic heterocycles. The Bertz CT molecular complexity index is 349. The van der Waals surface area contributed by atoms with Crippen molar-refractivity contribution < 1.29 is 19.4 Å². The topological polar surface area (TPSA) is 78.9 Å². The van der Waals surface area contributed by atoms with Crippen LogP contribution in [0.2, 0.25) is 0 Å². The predicted octanol–water partition coefficient (Wildman–Crippen LogP) is 2.09. The molecule has 1 saturated carbocycles. The van der Waals surface area contributed by atoms with Crippen molar-refractivity contribution >= 4 is 12.0 Å². The first-order valence-electron chi connectivity index (χ1n) is 7.78. The number of ether oxygens (including phenoxy) is 1. The number of amides is 2. The van der Waals surface area contributed by atoms with Gasteiger partial charge < -0.3 is 20.1 Å². The fourth-order valence-electron chi connectivity index (χ4n) is 2.73. The van der Waals surface area contributed by atoms with Crippen molar-refractivity contribution in [2.75, 3.05) is 20.3 Å². The Balaban J connectivity index is 2.57. The van der Waals surface area contributed by atoms with Gasteiger partial charge in [-0.15, -0.1) is 0 Å². The molecular formula is C15H28N2O4. The molecule has 122 valence electrons. The Morgan fingerprint density at radius 3 is 2.71 bits per heavy atom. The summed E-state index contributed by atoms with van der Waals surface area (Å²) in [5, 5.41) is 12.1. The van der Waals surface area contributed by atoms with Gasteiger partial charge in [0.05, 0.1) is 12.5 Å². The monoisotopic (exact) mass is 300 g/mol. The Kier molecular flexibility index (Phi) is 7.50. The largest absolute Gasteiger partial charge is 0.481 e. The molecule has 0 radical (unpaired) electrons. The third kappa shape index (κ3) is 5.53. The first-order valence-corrected chi connectivity index (χ1v) is 7.78.